The summed E-state index contributed by atoms with van der Waals surface area (Å²) >= 11 is 0. The average molecular weight is 470 g/mol. The Bertz CT molecular complexity index is 1300. The van der Waals surface area contributed by atoms with Crippen LogP contribution >= 0.6 is 0 Å². The fourth-order valence-corrected chi connectivity index (χ4v) is 3.47. The van der Waals surface area contributed by atoms with Crippen molar-refractivity contribution in [2.75, 3.05) is 11.1 Å². The number of hydrogen-bond donors (Lipinski definition) is 3. The van der Waals surface area contributed by atoms with E-state index in [-0.39, 0.29) is 39.8 Å². The van der Waals surface area contributed by atoms with Crippen molar-refractivity contribution >= 4 is 34.5 Å². The van der Waals surface area contributed by atoms with Crippen LogP contribution in [-0.4, -0.2) is 48.6 Å². The van der Waals surface area contributed by atoms with Gasteiger partial charge in [0.05, 0.1) is 10.9 Å². The van der Waals surface area contributed by atoms with Crippen LogP contribution in [0, 0.1) is 0 Å². The van der Waals surface area contributed by atoms with Gasteiger partial charge in [-0.2, -0.15) is 27.1 Å². The number of pyridine rings is 1. The second-order valence-corrected chi connectivity index (χ2v) is 7.50. The number of nitrogens with zero attached hydrogens (tertiary/aromatic N) is 5. The predicted molar refractivity (Wildman–Crippen MR) is 104 cm³/mol. The van der Waals surface area contributed by atoms with Crippen LogP contribution in [-0.2, 0) is 21.5 Å². The van der Waals surface area contributed by atoms with Crippen molar-refractivity contribution in [3.63, 3.8) is 0 Å². The lowest BCUT2D eigenvalue weighted by Gasteiger charge is -2.19. The predicted octanol–water partition coefficient (Wildman–Crippen LogP) is 1.75. The monoisotopic (exact) mass is 470 g/mol. The molecule has 0 radical (unpaired) electrons. The first-order valence-corrected chi connectivity index (χ1v) is 9.33. The van der Waals surface area contributed by atoms with Crippen molar-refractivity contribution in [3.05, 3.63) is 23.9 Å². The van der Waals surface area contributed by atoms with Crippen LogP contribution < -0.4 is 16.8 Å². The molecule has 0 spiro atoms. The van der Waals surface area contributed by atoms with E-state index in [1.165, 1.54) is 25.3 Å². The first kappa shape index (κ1) is 22.3. The summed E-state index contributed by atoms with van der Waals surface area (Å²) in [6.07, 6.45) is -5.97. The van der Waals surface area contributed by atoms with Gasteiger partial charge < -0.3 is 16.8 Å². The van der Waals surface area contributed by atoms with Gasteiger partial charge in [0.2, 0.25) is 11.8 Å². The minimum absolute atomic E-state index is 0.0131. The van der Waals surface area contributed by atoms with Gasteiger partial charge in [-0.25, -0.2) is 19.6 Å². The van der Waals surface area contributed by atoms with Gasteiger partial charge in [0.25, 0.3) is 0 Å². The Hall–Kier alpha value is -3.91. The van der Waals surface area contributed by atoms with Crippen molar-refractivity contribution in [3.8, 4) is 11.5 Å². The molecule has 2 amide bonds. The quantitative estimate of drug-likeness (QED) is 0.379. The van der Waals surface area contributed by atoms with E-state index in [9.17, 15) is 31.5 Å². The zero-order valence-corrected chi connectivity index (χ0v) is 16.7. The fraction of sp³-hybridized carbons (Fsp3) is 0.333. The molecular formula is C18H15F5N8O2. The number of nitrogens with one attached hydrogen (secondary N) is 1. The number of aryl methyl sites for hydroxylation is 1. The number of primary amides is 1. The van der Waals surface area contributed by atoms with Gasteiger partial charge in [0.1, 0.15) is 17.3 Å². The van der Waals surface area contributed by atoms with Gasteiger partial charge >= 0.3 is 12.1 Å². The number of nitrogen functional groups attached to an aromatic ring is 1. The topological polar surface area (TPSA) is 155 Å². The lowest BCUT2D eigenvalue weighted by Crippen LogP contribution is -2.44. The number of carbonyl (C=O) groups is 2. The maximum Gasteiger partial charge on any atom is 0.453 e. The number of amides is 2. The first-order chi connectivity index (χ1) is 15.3. The summed E-state index contributed by atoms with van der Waals surface area (Å²) in [5.74, 6) is -7.21. The number of halogens is 5. The van der Waals surface area contributed by atoms with E-state index in [2.05, 4.69) is 25.4 Å². The van der Waals surface area contributed by atoms with E-state index in [0.717, 1.165) is 4.68 Å². The second-order valence-electron chi connectivity index (χ2n) is 7.50. The lowest BCUT2D eigenvalue weighted by atomic mass is 9.84. The highest BCUT2D eigenvalue weighted by atomic mass is 19.4. The Kier molecular flexibility index (Phi) is 4.76. The number of fused-ring (bicyclic) bond motifs is 2. The average Bonchev–Trinajstić information content (AvgIpc) is 3.21. The summed E-state index contributed by atoms with van der Waals surface area (Å²) in [6.45, 7) is 0.446. The van der Waals surface area contributed by atoms with E-state index < -0.39 is 42.3 Å². The molecule has 5 N–H and O–H groups in total. The molecule has 0 aliphatic carbocycles. The third kappa shape index (κ3) is 3.30. The molecular weight excluding hydrogens is 455 g/mol. The molecule has 15 heteroatoms. The lowest BCUT2D eigenvalue weighted by molar-refractivity contribution is -0.285. The molecule has 10 nitrogen and oxygen atoms in total. The van der Waals surface area contributed by atoms with E-state index in [4.69, 9.17) is 11.5 Å². The summed E-state index contributed by atoms with van der Waals surface area (Å²) in [6, 6.07) is 2.98. The molecule has 1 unspecified atom stereocenters. The maximum absolute atomic E-state index is 13.4. The molecule has 174 valence electrons. The Balaban J connectivity index is 1.80. The molecule has 0 saturated carbocycles. The Labute approximate surface area is 181 Å². The van der Waals surface area contributed by atoms with Crippen LogP contribution in [0.4, 0.5) is 33.6 Å². The summed E-state index contributed by atoms with van der Waals surface area (Å²) < 4.78 is 65.4. The van der Waals surface area contributed by atoms with Gasteiger partial charge in [-0.3, -0.25) is 9.59 Å². The zero-order valence-electron chi connectivity index (χ0n) is 16.7. The number of nitrogens with two attached hydrogens (primary N) is 2. The van der Waals surface area contributed by atoms with Crippen LogP contribution in [0.15, 0.2) is 18.3 Å². The molecule has 33 heavy (non-hydrogen) atoms. The summed E-state index contributed by atoms with van der Waals surface area (Å²) in [5.41, 5.74) is 9.47. The number of alkyl halides is 5. The van der Waals surface area contributed by atoms with Crippen LogP contribution in [0.5, 0.6) is 0 Å². The molecule has 1 aliphatic rings. The largest absolute Gasteiger partial charge is 0.453 e. The first-order valence-electron chi connectivity index (χ1n) is 9.33. The Morgan fingerprint density at radius 2 is 1.94 bits per heavy atom. The van der Waals surface area contributed by atoms with Crippen LogP contribution in [0.1, 0.15) is 18.9 Å². The smallest absolute Gasteiger partial charge is 0.383 e. The molecule has 4 heterocycles. The molecule has 0 fully saturated rings. The number of anilines is 2. The molecule has 4 rings (SSSR count). The molecule has 1 aliphatic heterocycles. The standard InChI is InChI=1S/C18H15F5N8O2/c1-16(14(25)32)8-10(24)27-12(28-11(8)29-15(16)33)9-7-3-2-5-26-13(7)31(30-9)6-4-17(19,20)18(21,22)23/h2-3,5H,4,6H2,1H3,(H2,25,32)(H3,24,27,28,29,33). The van der Waals surface area contributed by atoms with E-state index in [1.54, 1.807) is 0 Å². The summed E-state index contributed by atoms with van der Waals surface area (Å²) in [5, 5.41) is 6.71. The van der Waals surface area contributed by atoms with Crippen molar-refractivity contribution in [2.45, 2.75) is 37.4 Å². The van der Waals surface area contributed by atoms with Crippen molar-refractivity contribution < 1.29 is 31.5 Å². The third-order valence-corrected chi connectivity index (χ3v) is 5.39. The maximum atomic E-state index is 13.4. The number of hydrogen-bond acceptors (Lipinski definition) is 7. The molecule has 0 bridgehead atoms. The van der Waals surface area contributed by atoms with Gasteiger partial charge in [-0.15, -0.1) is 0 Å². The van der Waals surface area contributed by atoms with Gasteiger partial charge in [0, 0.05) is 19.2 Å². The minimum atomic E-state index is -5.71. The second kappa shape index (κ2) is 7.05. The number of carbonyl (C=O) groups excluding carboxylic acids is 2. The van der Waals surface area contributed by atoms with Crippen molar-refractivity contribution in [1.82, 2.24) is 24.7 Å². The van der Waals surface area contributed by atoms with Crippen LogP contribution in [0.25, 0.3) is 22.6 Å². The number of aromatic nitrogens is 5. The molecule has 3 aromatic heterocycles. The Morgan fingerprint density at radius 3 is 2.58 bits per heavy atom. The minimum Gasteiger partial charge on any atom is -0.383 e. The zero-order chi connectivity index (χ0) is 24.3. The molecule has 0 saturated heterocycles. The normalized spacial score (nSPS) is 18.4. The molecule has 3 aromatic rings. The summed E-state index contributed by atoms with van der Waals surface area (Å²) in [4.78, 5) is 36.5. The van der Waals surface area contributed by atoms with Gasteiger partial charge in [0.15, 0.2) is 16.9 Å². The highest BCUT2D eigenvalue weighted by molar-refractivity contribution is 6.20. The molecule has 1 atom stereocenters. The third-order valence-electron chi connectivity index (χ3n) is 5.39. The highest BCUT2D eigenvalue weighted by Gasteiger charge is 2.57. The summed E-state index contributed by atoms with van der Waals surface area (Å²) in [7, 11) is 0. The SMILES string of the molecule is CC1(C(N)=O)C(=O)Nc2nc(-c3nn(CCC(F)(F)C(F)(F)F)c4ncccc34)nc(N)c21. The highest BCUT2D eigenvalue weighted by Crippen LogP contribution is 2.41. The van der Waals surface area contributed by atoms with E-state index in [0.29, 0.717) is 0 Å². The number of rotatable bonds is 5. The van der Waals surface area contributed by atoms with Crippen molar-refractivity contribution in [1.29, 1.82) is 0 Å². The van der Waals surface area contributed by atoms with Crippen LogP contribution in [0.2, 0.25) is 0 Å². The van der Waals surface area contributed by atoms with Gasteiger partial charge in [-0.1, -0.05) is 0 Å². The van der Waals surface area contributed by atoms with E-state index in [1.807, 2.05) is 0 Å². The Morgan fingerprint density at radius 1 is 1.24 bits per heavy atom. The molecule has 0 aromatic carbocycles. The van der Waals surface area contributed by atoms with Crippen LogP contribution in [0.3, 0.4) is 0 Å². The van der Waals surface area contributed by atoms with Gasteiger partial charge in [-0.05, 0) is 19.1 Å². The fourth-order valence-electron chi connectivity index (χ4n) is 3.47. The van der Waals surface area contributed by atoms with E-state index >= 15 is 0 Å². The van der Waals surface area contributed by atoms with Crippen molar-refractivity contribution in [2.24, 2.45) is 5.73 Å².